The van der Waals surface area contributed by atoms with E-state index in [0.717, 1.165) is 44.9 Å². The molecular weight excluding hydrogens is 426 g/mol. The molecule has 0 aliphatic heterocycles. The minimum Gasteiger partial charge on any atom is -0.460 e. The van der Waals surface area contributed by atoms with Crippen LogP contribution in [0.25, 0.3) is 28.0 Å². The number of ether oxygens (including phenoxy) is 1. The molecule has 34 heavy (non-hydrogen) atoms. The van der Waals surface area contributed by atoms with Gasteiger partial charge in [0, 0.05) is 41.0 Å². The summed E-state index contributed by atoms with van der Waals surface area (Å²) in [6.45, 7) is 9.94. The van der Waals surface area contributed by atoms with Gasteiger partial charge in [0.2, 0.25) is 0 Å². The van der Waals surface area contributed by atoms with E-state index in [9.17, 15) is 4.79 Å². The first-order valence-corrected chi connectivity index (χ1v) is 11.5. The number of benzene rings is 1. The predicted molar refractivity (Wildman–Crippen MR) is 134 cm³/mol. The van der Waals surface area contributed by atoms with Gasteiger partial charge in [-0.05, 0) is 69.7 Å². The topological polar surface area (TPSA) is 95.9 Å². The second-order valence-electron chi connectivity index (χ2n) is 9.62. The van der Waals surface area contributed by atoms with E-state index in [1.165, 1.54) is 0 Å². The van der Waals surface area contributed by atoms with Gasteiger partial charge in [-0.1, -0.05) is 19.1 Å². The molecular formula is C27H31N5O2. The molecule has 3 heterocycles. The van der Waals surface area contributed by atoms with Crippen LogP contribution in [-0.2, 0) is 16.1 Å². The number of pyridine rings is 2. The van der Waals surface area contributed by atoms with Crippen LogP contribution in [0, 0.1) is 6.92 Å². The summed E-state index contributed by atoms with van der Waals surface area (Å²) in [6, 6.07) is 15.8. The lowest BCUT2D eigenvalue weighted by Gasteiger charge is -2.21. The lowest BCUT2D eigenvalue weighted by atomic mass is 10.0. The fourth-order valence-corrected chi connectivity index (χ4v) is 3.91. The van der Waals surface area contributed by atoms with Crippen molar-refractivity contribution in [3.8, 4) is 17.1 Å². The van der Waals surface area contributed by atoms with Crippen LogP contribution in [0.4, 0.5) is 0 Å². The SMILES string of the molecule is Cc1cccc(-n2cc3c(CN)cc(-c4cccc(C(C)CC(=O)OC(C)(C)C)n4)cc3n2)n1. The lowest BCUT2D eigenvalue weighted by molar-refractivity contribution is -0.155. The van der Waals surface area contributed by atoms with E-state index < -0.39 is 5.60 Å². The maximum absolute atomic E-state index is 12.3. The highest BCUT2D eigenvalue weighted by atomic mass is 16.6. The van der Waals surface area contributed by atoms with E-state index in [4.69, 9.17) is 20.6 Å². The molecule has 3 aromatic heterocycles. The number of hydrogen-bond donors (Lipinski definition) is 1. The molecule has 2 N–H and O–H groups in total. The van der Waals surface area contributed by atoms with Crippen molar-refractivity contribution in [3.05, 3.63) is 71.7 Å². The van der Waals surface area contributed by atoms with Crippen molar-refractivity contribution in [2.75, 3.05) is 0 Å². The Morgan fingerprint density at radius 2 is 1.88 bits per heavy atom. The molecule has 0 radical (unpaired) electrons. The molecule has 7 nitrogen and oxygen atoms in total. The molecule has 0 aliphatic carbocycles. The van der Waals surface area contributed by atoms with Gasteiger partial charge in [-0.25, -0.2) is 9.67 Å². The van der Waals surface area contributed by atoms with Gasteiger partial charge in [0.05, 0.1) is 17.6 Å². The molecule has 0 amide bonds. The zero-order valence-corrected chi connectivity index (χ0v) is 20.4. The van der Waals surface area contributed by atoms with Crippen LogP contribution >= 0.6 is 0 Å². The van der Waals surface area contributed by atoms with Crippen LogP contribution in [0.15, 0.2) is 54.7 Å². The minimum atomic E-state index is -0.502. The number of esters is 1. The van der Waals surface area contributed by atoms with E-state index >= 15 is 0 Å². The molecule has 1 unspecified atom stereocenters. The maximum Gasteiger partial charge on any atom is 0.306 e. The summed E-state index contributed by atoms with van der Waals surface area (Å²) < 4.78 is 7.26. The Morgan fingerprint density at radius 3 is 2.59 bits per heavy atom. The highest BCUT2D eigenvalue weighted by molar-refractivity contribution is 5.87. The molecule has 1 atom stereocenters. The highest BCUT2D eigenvalue weighted by Crippen LogP contribution is 2.29. The molecule has 0 saturated heterocycles. The number of hydrogen-bond acceptors (Lipinski definition) is 6. The first kappa shape index (κ1) is 23.6. The summed E-state index contributed by atoms with van der Waals surface area (Å²) in [4.78, 5) is 21.7. The molecule has 0 fully saturated rings. The number of carbonyl (C=O) groups is 1. The third-order valence-corrected chi connectivity index (χ3v) is 5.50. The largest absolute Gasteiger partial charge is 0.460 e. The Hall–Kier alpha value is -3.58. The van der Waals surface area contributed by atoms with Gasteiger partial charge in [-0.2, -0.15) is 5.10 Å². The Balaban J connectivity index is 1.66. The van der Waals surface area contributed by atoms with E-state index in [0.29, 0.717) is 6.54 Å². The molecule has 0 spiro atoms. The fraction of sp³-hybridized carbons (Fsp3) is 0.333. The Bertz CT molecular complexity index is 1340. The molecule has 4 aromatic rings. The Labute approximate surface area is 200 Å². The van der Waals surface area contributed by atoms with Crippen LogP contribution < -0.4 is 5.73 Å². The van der Waals surface area contributed by atoms with Crippen molar-refractivity contribution in [2.45, 2.75) is 59.1 Å². The predicted octanol–water partition coefficient (Wildman–Crippen LogP) is 5.08. The molecule has 176 valence electrons. The third-order valence-electron chi connectivity index (χ3n) is 5.50. The first-order valence-electron chi connectivity index (χ1n) is 11.5. The van der Waals surface area contributed by atoms with Gasteiger partial charge in [0.15, 0.2) is 5.82 Å². The summed E-state index contributed by atoms with van der Waals surface area (Å²) >= 11 is 0. The smallest absolute Gasteiger partial charge is 0.306 e. The normalized spacial score (nSPS) is 12.6. The summed E-state index contributed by atoms with van der Waals surface area (Å²) in [5, 5.41) is 5.75. The number of fused-ring (bicyclic) bond motifs is 1. The minimum absolute atomic E-state index is 0.0703. The number of nitrogens with two attached hydrogens (primary N) is 1. The van der Waals surface area contributed by atoms with Gasteiger partial charge >= 0.3 is 5.97 Å². The fourth-order valence-electron chi connectivity index (χ4n) is 3.91. The van der Waals surface area contributed by atoms with Crippen molar-refractivity contribution in [2.24, 2.45) is 5.73 Å². The Kier molecular flexibility index (Phi) is 6.48. The monoisotopic (exact) mass is 457 g/mol. The van der Waals surface area contributed by atoms with E-state index in [2.05, 4.69) is 11.1 Å². The summed E-state index contributed by atoms with van der Waals surface area (Å²) in [5.41, 5.74) is 10.9. The molecule has 1 aromatic carbocycles. The van der Waals surface area contributed by atoms with Crippen LogP contribution in [-0.4, -0.2) is 31.3 Å². The van der Waals surface area contributed by atoms with E-state index in [-0.39, 0.29) is 18.3 Å². The molecule has 4 rings (SSSR count). The number of nitrogens with zero attached hydrogens (tertiary/aromatic N) is 4. The quantitative estimate of drug-likeness (QED) is 0.405. The Morgan fingerprint density at radius 1 is 1.12 bits per heavy atom. The molecule has 0 aliphatic rings. The second-order valence-corrected chi connectivity index (χ2v) is 9.62. The zero-order valence-electron chi connectivity index (χ0n) is 20.4. The summed E-state index contributed by atoms with van der Waals surface area (Å²) in [5.74, 6) is 0.463. The van der Waals surface area contributed by atoms with Gasteiger partial charge < -0.3 is 10.5 Å². The average molecular weight is 458 g/mol. The van der Waals surface area contributed by atoms with E-state index in [1.807, 2.05) is 83.3 Å². The van der Waals surface area contributed by atoms with Crippen molar-refractivity contribution in [1.82, 2.24) is 19.7 Å². The highest BCUT2D eigenvalue weighted by Gasteiger charge is 2.20. The lowest BCUT2D eigenvalue weighted by Crippen LogP contribution is -2.24. The average Bonchev–Trinajstić information content (AvgIpc) is 3.21. The van der Waals surface area contributed by atoms with Crippen molar-refractivity contribution in [3.63, 3.8) is 0 Å². The van der Waals surface area contributed by atoms with Crippen molar-refractivity contribution in [1.29, 1.82) is 0 Å². The summed E-state index contributed by atoms with van der Waals surface area (Å²) in [7, 11) is 0. The number of aromatic nitrogens is 4. The number of aryl methyl sites for hydroxylation is 1. The van der Waals surface area contributed by atoms with Gasteiger partial charge in [0.25, 0.3) is 0 Å². The van der Waals surface area contributed by atoms with Gasteiger partial charge in [-0.3, -0.25) is 9.78 Å². The first-order chi connectivity index (χ1) is 16.1. The summed E-state index contributed by atoms with van der Waals surface area (Å²) in [6.07, 6.45) is 2.24. The molecule has 0 bridgehead atoms. The number of carbonyl (C=O) groups excluding carboxylic acids is 1. The van der Waals surface area contributed by atoms with Crippen LogP contribution in [0.1, 0.15) is 57.0 Å². The van der Waals surface area contributed by atoms with Crippen LogP contribution in [0.3, 0.4) is 0 Å². The molecule has 0 saturated carbocycles. The van der Waals surface area contributed by atoms with Gasteiger partial charge in [-0.15, -0.1) is 0 Å². The third kappa shape index (κ3) is 5.31. The maximum atomic E-state index is 12.3. The second kappa shape index (κ2) is 9.35. The van der Waals surface area contributed by atoms with E-state index in [1.54, 1.807) is 4.68 Å². The van der Waals surface area contributed by atoms with Crippen LogP contribution in [0.2, 0.25) is 0 Å². The van der Waals surface area contributed by atoms with Crippen molar-refractivity contribution < 1.29 is 9.53 Å². The molecule has 7 heteroatoms. The zero-order chi connectivity index (χ0) is 24.5. The van der Waals surface area contributed by atoms with Crippen molar-refractivity contribution >= 4 is 16.9 Å². The number of rotatable bonds is 6. The van der Waals surface area contributed by atoms with Gasteiger partial charge in [0.1, 0.15) is 5.60 Å². The van der Waals surface area contributed by atoms with Crippen LogP contribution in [0.5, 0.6) is 0 Å². The standard InChI is InChI=1S/C27H31N5O2/c1-17(12-26(33)34-27(3,4)5)22-9-7-10-23(30-22)19-13-20(15-28)21-16-32(31-24(21)14-19)25-11-6-8-18(2)29-25/h6-11,13-14,16-17H,12,15,28H2,1-5H3.